The molecule has 8 nitrogen and oxygen atoms in total. The highest BCUT2D eigenvalue weighted by atomic mass is 32.2. The number of benzene rings is 1. The van der Waals surface area contributed by atoms with E-state index in [1.54, 1.807) is 19.1 Å². The molecule has 1 heterocycles. The van der Waals surface area contributed by atoms with Gasteiger partial charge in [-0.25, -0.2) is 8.42 Å². The molecule has 26 heavy (non-hydrogen) atoms. The summed E-state index contributed by atoms with van der Waals surface area (Å²) in [5, 5.41) is 9.17. The Morgan fingerprint density at radius 1 is 1.27 bits per heavy atom. The molecule has 1 aromatic heterocycles. The van der Waals surface area contributed by atoms with Crippen LogP contribution < -0.4 is 15.4 Å². The SMILES string of the molecule is CCCCC(=O)NC(=S)Nc1ccc(S(=O)(=O)Nc2cc(C)on2)cc1. The molecular weight excluding hydrogens is 376 g/mol. The Bertz CT molecular complexity index is 876. The summed E-state index contributed by atoms with van der Waals surface area (Å²) in [6, 6.07) is 7.41. The number of hydrogen-bond donors (Lipinski definition) is 3. The molecule has 140 valence electrons. The zero-order valence-electron chi connectivity index (χ0n) is 14.4. The molecule has 0 saturated carbocycles. The number of amides is 1. The lowest BCUT2D eigenvalue weighted by molar-refractivity contribution is -0.119. The van der Waals surface area contributed by atoms with Gasteiger partial charge in [-0.15, -0.1) is 0 Å². The van der Waals surface area contributed by atoms with Crippen molar-refractivity contribution in [2.75, 3.05) is 10.0 Å². The molecule has 0 fully saturated rings. The molecule has 0 atom stereocenters. The van der Waals surface area contributed by atoms with Crippen LogP contribution in [0, 0.1) is 6.92 Å². The lowest BCUT2D eigenvalue weighted by atomic mass is 10.2. The minimum Gasteiger partial charge on any atom is -0.360 e. The second-order valence-electron chi connectivity index (χ2n) is 5.56. The maximum absolute atomic E-state index is 12.3. The van der Waals surface area contributed by atoms with Crippen molar-refractivity contribution in [3.05, 3.63) is 36.1 Å². The summed E-state index contributed by atoms with van der Waals surface area (Å²) in [6.45, 7) is 3.66. The van der Waals surface area contributed by atoms with E-state index < -0.39 is 10.0 Å². The van der Waals surface area contributed by atoms with E-state index in [1.807, 2.05) is 6.92 Å². The molecule has 0 bridgehead atoms. The number of anilines is 2. The first-order chi connectivity index (χ1) is 12.3. The number of thiocarbonyl (C=S) groups is 1. The predicted molar refractivity (Wildman–Crippen MR) is 102 cm³/mol. The van der Waals surface area contributed by atoms with Crippen molar-refractivity contribution in [3.8, 4) is 0 Å². The lowest BCUT2D eigenvalue weighted by Gasteiger charge is -2.10. The van der Waals surface area contributed by atoms with Gasteiger partial charge in [0.15, 0.2) is 10.9 Å². The van der Waals surface area contributed by atoms with E-state index in [4.69, 9.17) is 16.7 Å². The van der Waals surface area contributed by atoms with Crippen LogP contribution in [0.5, 0.6) is 0 Å². The number of unbranched alkanes of at least 4 members (excludes halogenated alkanes) is 1. The third-order valence-electron chi connectivity index (χ3n) is 3.30. The number of carbonyl (C=O) groups is 1. The monoisotopic (exact) mass is 396 g/mol. The van der Waals surface area contributed by atoms with Gasteiger partial charge >= 0.3 is 0 Å². The van der Waals surface area contributed by atoms with Crippen molar-refractivity contribution in [3.63, 3.8) is 0 Å². The van der Waals surface area contributed by atoms with E-state index in [2.05, 4.69) is 20.5 Å². The smallest absolute Gasteiger partial charge is 0.263 e. The van der Waals surface area contributed by atoms with Crippen LogP contribution in [0.25, 0.3) is 0 Å². The van der Waals surface area contributed by atoms with Crippen molar-refractivity contribution in [1.29, 1.82) is 0 Å². The summed E-state index contributed by atoms with van der Waals surface area (Å²) in [4.78, 5) is 11.7. The first-order valence-corrected chi connectivity index (χ1v) is 9.86. The van der Waals surface area contributed by atoms with Crippen molar-refractivity contribution in [2.24, 2.45) is 0 Å². The molecule has 10 heteroatoms. The van der Waals surface area contributed by atoms with Gasteiger partial charge in [-0.1, -0.05) is 18.5 Å². The van der Waals surface area contributed by atoms with Crippen molar-refractivity contribution in [1.82, 2.24) is 10.5 Å². The third kappa shape index (κ3) is 5.81. The molecule has 2 rings (SSSR count). The first-order valence-electron chi connectivity index (χ1n) is 7.97. The van der Waals surface area contributed by atoms with Gasteiger partial charge in [0.1, 0.15) is 5.76 Å². The van der Waals surface area contributed by atoms with E-state index >= 15 is 0 Å². The highest BCUT2D eigenvalue weighted by Gasteiger charge is 2.16. The fourth-order valence-electron chi connectivity index (χ4n) is 2.02. The summed E-state index contributed by atoms with van der Waals surface area (Å²) < 4.78 is 31.7. The molecule has 0 spiro atoms. The summed E-state index contributed by atoms with van der Waals surface area (Å²) in [5.74, 6) is 0.452. The van der Waals surface area contributed by atoms with Crippen LogP contribution in [-0.4, -0.2) is 24.6 Å². The minimum absolute atomic E-state index is 0.0570. The van der Waals surface area contributed by atoms with Crippen molar-refractivity contribution < 1.29 is 17.7 Å². The van der Waals surface area contributed by atoms with Gasteiger partial charge in [-0.05, 0) is 49.8 Å². The van der Waals surface area contributed by atoms with Gasteiger partial charge in [0.25, 0.3) is 10.0 Å². The van der Waals surface area contributed by atoms with Gasteiger partial charge in [0.05, 0.1) is 4.90 Å². The number of sulfonamides is 1. The van der Waals surface area contributed by atoms with Crippen LogP contribution in [0.4, 0.5) is 11.5 Å². The maximum Gasteiger partial charge on any atom is 0.263 e. The van der Waals surface area contributed by atoms with Crippen LogP contribution in [0.1, 0.15) is 31.9 Å². The molecule has 3 N–H and O–H groups in total. The lowest BCUT2D eigenvalue weighted by Crippen LogP contribution is -2.33. The van der Waals surface area contributed by atoms with Gasteiger partial charge in [0.2, 0.25) is 5.91 Å². The second-order valence-corrected chi connectivity index (χ2v) is 7.65. The number of carbonyl (C=O) groups excluding carboxylic acids is 1. The molecule has 0 saturated heterocycles. The number of hydrogen-bond acceptors (Lipinski definition) is 6. The second kappa shape index (κ2) is 8.77. The first kappa shape index (κ1) is 19.9. The largest absolute Gasteiger partial charge is 0.360 e. The topological polar surface area (TPSA) is 113 Å². The normalized spacial score (nSPS) is 11.0. The molecule has 2 aromatic rings. The predicted octanol–water partition coefficient (Wildman–Crippen LogP) is 2.79. The molecule has 0 aliphatic rings. The zero-order valence-corrected chi connectivity index (χ0v) is 16.0. The quantitative estimate of drug-likeness (QED) is 0.617. The number of nitrogens with one attached hydrogen (secondary N) is 3. The Hall–Kier alpha value is -2.46. The van der Waals surface area contributed by atoms with Crippen LogP contribution in [0.15, 0.2) is 39.8 Å². The van der Waals surface area contributed by atoms with Crippen LogP contribution in [-0.2, 0) is 14.8 Å². The van der Waals surface area contributed by atoms with E-state index in [9.17, 15) is 13.2 Å². The van der Waals surface area contributed by atoms with E-state index in [1.165, 1.54) is 18.2 Å². The molecule has 0 aliphatic carbocycles. The van der Waals surface area contributed by atoms with Gasteiger partial charge in [-0.3, -0.25) is 9.52 Å². The Balaban J connectivity index is 1.96. The standard InChI is InChI=1S/C16H20N4O4S2/c1-3-4-5-15(21)18-16(25)17-12-6-8-13(9-7-12)26(22,23)20-14-10-11(2)24-19-14/h6-10H,3-5H2,1-2H3,(H,19,20)(H2,17,18,21,25). The average Bonchev–Trinajstić information content (AvgIpc) is 2.97. The zero-order chi connectivity index (χ0) is 19.2. The van der Waals surface area contributed by atoms with Crippen LogP contribution >= 0.6 is 12.2 Å². The van der Waals surface area contributed by atoms with Gasteiger partial charge < -0.3 is 15.2 Å². The number of rotatable bonds is 7. The fourth-order valence-corrected chi connectivity index (χ4v) is 3.23. The fraction of sp³-hybridized carbons (Fsp3) is 0.312. The summed E-state index contributed by atoms with van der Waals surface area (Å²) in [7, 11) is -3.78. The van der Waals surface area contributed by atoms with Crippen molar-refractivity contribution in [2.45, 2.75) is 38.0 Å². The van der Waals surface area contributed by atoms with Crippen LogP contribution in [0.3, 0.4) is 0 Å². The summed E-state index contributed by atoms with van der Waals surface area (Å²) in [5.41, 5.74) is 0.557. The third-order valence-corrected chi connectivity index (χ3v) is 4.87. The van der Waals surface area contributed by atoms with Crippen molar-refractivity contribution >= 4 is 44.8 Å². The number of nitrogens with zero attached hydrogens (tertiary/aromatic N) is 1. The highest BCUT2D eigenvalue weighted by molar-refractivity contribution is 7.92. The van der Waals surface area contributed by atoms with Crippen LogP contribution in [0.2, 0.25) is 0 Å². The Kier molecular flexibility index (Phi) is 6.70. The summed E-state index contributed by atoms with van der Waals surface area (Å²) in [6.07, 6.45) is 2.12. The number of aryl methyl sites for hydroxylation is 1. The van der Waals surface area contributed by atoms with Gasteiger partial charge in [0, 0.05) is 18.2 Å². The molecular formula is C16H20N4O4S2. The van der Waals surface area contributed by atoms with E-state index in [-0.39, 0.29) is 21.7 Å². The summed E-state index contributed by atoms with van der Waals surface area (Å²) >= 11 is 5.07. The highest BCUT2D eigenvalue weighted by Crippen LogP contribution is 2.18. The minimum atomic E-state index is -3.78. The molecule has 0 aliphatic heterocycles. The molecule has 1 aromatic carbocycles. The number of aromatic nitrogens is 1. The average molecular weight is 396 g/mol. The molecule has 1 amide bonds. The Morgan fingerprint density at radius 3 is 2.54 bits per heavy atom. The van der Waals surface area contributed by atoms with E-state index in [0.29, 0.717) is 17.9 Å². The van der Waals surface area contributed by atoms with E-state index in [0.717, 1.165) is 12.8 Å². The molecule has 0 unspecified atom stereocenters. The maximum atomic E-state index is 12.3. The Morgan fingerprint density at radius 2 is 1.96 bits per heavy atom. The van der Waals surface area contributed by atoms with Gasteiger partial charge in [-0.2, -0.15) is 0 Å². The Labute approximate surface area is 157 Å². The molecule has 0 radical (unpaired) electrons.